The highest BCUT2D eigenvalue weighted by Gasteiger charge is 1.91. The highest BCUT2D eigenvalue weighted by atomic mass is 16.5. The molecule has 0 aromatic heterocycles. The van der Waals surface area contributed by atoms with Gasteiger partial charge >= 0.3 is 0 Å². The van der Waals surface area contributed by atoms with E-state index in [1.54, 1.807) is 18.4 Å². The molecule has 0 saturated heterocycles. The molecule has 56 valence electrons. The van der Waals surface area contributed by atoms with Crippen LogP contribution in [0.2, 0.25) is 0 Å². The van der Waals surface area contributed by atoms with Gasteiger partial charge in [0.2, 0.25) is 0 Å². The summed E-state index contributed by atoms with van der Waals surface area (Å²) in [5.41, 5.74) is 6.39. The first-order valence-corrected chi connectivity index (χ1v) is 3.22. The van der Waals surface area contributed by atoms with Crippen LogP contribution in [0, 0.1) is 11.5 Å². The van der Waals surface area contributed by atoms with E-state index in [-0.39, 0.29) is 0 Å². The molecule has 0 aliphatic heterocycles. The van der Waals surface area contributed by atoms with Crippen LogP contribution in [-0.4, -0.2) is 0 Å². The highest BCUT2D eigenvalue weighted by molar-refractivity contribution is 5.27. The second-order valence-corrected chi connectivity index (χ2v) is 2.04. The van der Waals surface area contributed by atoms with Crippen molar-refractivity contribution >= 4 is 0 Å². The Morgan fingerprint density at radius 3 is 2.45 bits per heavy atom. The minimum atomic E-state index is 0.507. The molecule has 0 saturated carbocycles. The summed E-state index contributed by atoms with van der Waals surface area (Å²) in [5.74, 6) is 0.546. The van der Waals surface area contributed by atoms with Crippen molar-refractivity contribution in [2.45, 2.75) is 6.54 Å². The molecule has 3 nitrogen and oxygen atoms in total. The summed E-state index contributed by atoms with van der Waals surface area (Å²) in [4.78, 5) is 0. The van der Waals surface area contributed by atoms with E-state index in [1.807, 2.05) is 12.1 Å². The lowest BCUT2D eigenvalue weighted by molar-refractivity contribution is 0.507. The van der Waals surface area contributed by atoms with E-state index < -0.39 is 0 Å². The zero-order chi connectivity index (χ0) is 8.10. The second-order valence-electron chi connectivity index (χ2n) is 2.04. The molecule has 0 fully saturated rings. The Morgan fingerprint density at radius 2 is 2.00 bits per heavy atom. The largest absolute Gasteiger partial charge is 0.388 e. The quantitative estimate of drug-likeness (QED) is 0.636. The van der Waals surface area contributed by atoms with E-state index in [2.05, 4.69) is 4.74 Å². The summed E-state index contributed by atoms with van der Waals surface area (Å²) < 4.78 is 4.57. The van der Waals surface area contributed by atoms with E-state index >= 15 is 0 Å². The highest BCUT2D eigenvalue weighted by Crippen LogP contribution is 2.10. The summed E-state index contributed by atoms with van der Waals surface area (Å²) in [6, 6.07) is 7.08. The molecule has 11 heavy (non-hydrogen) atoms. The number of nitriles is 1. The maximum Gasteiger partial charge on any atom is 0.292 e. The predicted octanol–water partition coefficient (Wildman–Crippen LogP) is 1.01. The standard InChI is InChI=1S/C8H8N2O/c9-5-7-1-3-8(4-2-7)11-6-10/h1-4H,5,9H2. The van der Waals surface area contributed by atoms with Crippen molar-refractivity contribution in [1.29, 1.82) is 5.26 Å². The molecule has 0 spiro atoms. The van der Waals surface area contributed by atoms with Crippen LogP contribution < -0.4 is 10.5 Å². The van der Waals surface area contributed by atoms with Gasteiger partial charge in [-0.3, -0.25) is 0 Å². The van der Waals surface area contributed by atoms with Crippen LogP contribution in [0.25, 0.3) is 0 Å². The average Bonchev–Trinajstić information content (AvgIpc) is 2.07. The third-order valence-electron chi connectivity index (χ3n) is 1.32. The molecule has 3 heteroatoms. The Bertz CT molecular complexity index is 260. The molecule has 0 bridgehead atoms. The number of ether oxygens (including phenoxy) is 1. The summed E-state index contributed by atoms with van der Waals surface area (Å²) in [5, 5.41) is 8.15. The van der Waals surface area contributed by atoms with Crippen LogP contribution in [0.4, 0.5) is 0 Å². The molecule has 1 aromatic rings. The van der Waals surface area contributed by atoms with Crippen LogP contribution in [0.3, 0.4) is 0 Å². The van der Waals surface area contributed by atoms with Gasteiger partial charge in [0, 0.05) is 6.54 Å². The Morgan fingerprint density at radius 1 is 1.36 bits per heavy atom. The van der Waals surface area contributed by atoms with Crippen molar-refractivity contribution < 1.29 is 4.74 Å². The average molecular weight is 148 g/mol. The Balaban J connectivity index is 2.76. The van der Waals surface area contributed by atoms with Gasteiger partial charge in [-0.2, -0.15) is 0 Å². The SMILES string of the molecule is N#COc1ccc(CN)cc1. The normalized spacial score (nSPS) is 8.73. The first-order chi connectivity index (χ1) is 5.36. The maximum atomic E-state index is 8.15. The lowest BCUT2D eigenvalue weighted by atomic mass is 10.2. The number of rotatable bonds is 2. The van der Waals surface area contributed by atoms with Gasteiger partial charge in [-0.1, -0.05) is 12.1 Å². The fraction of sp³-hybridized carbons (Fsp3) is 0.125. The van der Waals surface area contributed by atoms with Gasteiger partial charge in [0.1, 0.15) is 5.75 Å². The van der Waals surface area contributed by atoms with Crippen molar-refractivity contribution in [3.63, 3.8) is 0 Å². The van der Waals surface area contributed by atoms with Gasteiger partial charge < -0.3 is 10.5 Å². The molecule has 0 unspecified atom stereocenters. The molecule has 0 atom stereocenters. The van der Waals surface area contributed by atoms with Gasteiger partial charge in [0.05, 0.1) is 0 Å². The fourth-order valence-electron chi connectivity index (χ4n) is 0.746. The maximum absolute atomic E-state index is 8.15. The van der Waals surface area contributed by atoms with Crippen molar-refractivity contribution in [3.05, 3.63) is 29.8 Å². The predicted molar refractivity (Wildman–Crippen MR) is 40.6 cm³/mol. The van der Waals surface area contributed by atoms with Crippen molar-refractivity contribution in [2.75, 3.05) is 0 Å². The second kappa shape index (κ2) is 3.59. The Hall–Kier alpha value is -1.53. The fourth-order valence-corrected chi connectivity index (χ4v) is 0.746. The minimum Gasteiger partial charge on any atom is -0.388 e. The first-order valence-electron chi connectivity index (χ1n) is 3.22. The topological polar surface area (TPSA) is 59.0 Å². The van der Waals surface area contributed by atoms with Gasteiger partial charge in [-0.05, 0) is 17.7 Å². The third-order valence-corrected chi connectivity index (χ3v) is 1.32. The number of benzene rings is 1. The zero-order valence-corrected chi connectivity index (χ0v) is 5.95. The van der Waals surface area contributed by atoms with Gasteiger partial charge in [0.15, 0.2) is 0 Å². The molecule has 0 radical (unpaired) electrons. The van der Waals surface area contributed by atoms with E-state index in [9.17, 15) is 0 Å². The molecule has 1 rings (SSSR count). The summed E-state index contributed by atoms with van der Waals surface area (Å²) in [6.07, 6.45) is 1.59. The molecule has 0 aliphatic rings. The molecule has 0 aliphatic carbocycles. The number of nitrogens with two attached hydrogens (primary N) is 1. The van der Waals surface area contributed by atoms with Crippen molar-refractivity contribution in [3.8, 4) is 12.0 Å². The minimum absolute atomic E-state index is 0.507. The van der Waals surface area contributed by atoms with E-state index in [0.29, 0.717) is 12.3 Å². The molecular weight excluding hydrogens is 140 g/mol. The smallest absolute Gasteiger partial charge is 0.292 e. The van der Waals surface area contributed by atoms with Crippen LogP contribution >= 0.6 is 0 Å². The molecular formula is C8H8N2O. The number of hydrogen-bond donors (Lipinski definition) is 1. The van der Waals surface area contributed by atoms with Crippen molar-refractivity contribution in [1.82, 2.24) is 0 Å². The zero-order valence-electron chi connectivity index (χ0n) is 5.95. The first kappa shape index (κ1) is 7.58. The van der Waals surface area contributed by atoms with Crippen LogP contribution in [-0.2, 0) is 6.54 Å². The summed E-state index contributed by atoms with van der Waals surface area (Å²) in [6.45, 7) is 0.507. The lowest BCUT2D eigenvalue weighted by Crippen LogP contribution is -1.95. The molecule has 0 heterocycles. The molecule has 2 N–H and O–H groups in total. The van der Waals surface area contributed by atoms with E-state index in [0.717, 1.165) is 5.56 Å². The monoisotopic (exact) mass is 148 g/mol. The summed E-state index contributed by atoms with van der Waals surface area (Å²) in [7, 11) is 0. The lowest BCUT2D eigenvalue weighted by Gasteiger charge is -1.96. The van der Waals surface area contributed by atoms with E-state index in [1.165, 1.54) is 0 Å². The number of hydrogen-bond acceptors (Lipinski definition) is 3. The molecule has 1 aromatic carbocycles. The Labute approximate surface area is 65.0 Å². The van der Waals surface area contributed by atoms with Gasteiger partial charge in [-0.25, -0.2) is 0 Å². The van der Waals surface area contributed by atoms with Gasteiger partial charge in [-0.15, -0.1) is 5.26 Å². The molecule has 0 amide bonds. The van der Waals surface area contributed by atoms with Crippen LogP contribution in [0.5, 0.6) is 5.75 Å². The van der Waals surface area contributed by atoms with E-state index in [4.69, 9.17) is 11.0 Å². The Kier molecular flexibility index (Phi) is 2.47. The van der Waals surface area contributed by atoms with Crippen LogP contribution in [0.15, 0.2) is 24.3 Å². The third kappa shape index (κ3) is 1.95. The van der Waals surface area contributed by atoms with Crippen LogP contribution in [0.1, 0.15) is 5.56 Å². The summed E-state index contributed by atoms with van der Waals surface area (Å²) >= 11 is 0. The number of nitrogens with zero attached hydrogens (tertiary/aromatic N) is 1. The van der Waals surface area contributed by atoms with Crippen molar-refractivity contribution in [2.24, 2.45) is 5.73 Å². The van der Waals surface area contributed by atoms with Gasteiger partial charge in [0.25, 0.3) is 6.26 Å².